The van der Waals surface area contributed by atoms with Crippen LogP contribution in [0.25, 0.3) is 0 Å². The average Bonchev–Trinajstić information content (AvgIpc) is 2.77. The van der Waals surface area contributed by atoms with Gasteiger partial charge < -0.3 is 15.5 Å². The minimum Gasteiger partial charge on any atom is -0.356 e. The summed E-state index contributed by atoms with van der Waals surface area (Å²) in [6, 6.07) is 0. The van der Waals surface area contributed by atoms with E-state index in [0.29, 0.717) is 0 Å². The summed E-state index contributed by atoms with van der Waals surface area (Å²) in [7, 11) is 4.03. The smallest absolute Gasteiger partial charge is 0.191 e. The summed E-state index contributed by atoms with van der Waals surface area (Å²) in [6.07, 6.45) is 2.61. The Labute approximate surface area is 131 Å². The molecule has 2 N–H and O–H groups in total. The first-order chi connectivity index (χ1) is 10.1. The molecule has 1 aliphatic heterocycles. The Morgan fingerprint density at radius 3 is 2.86 bits per heavy atom. The Hall–Kier alpha value is -1.14. The zero-order chi connectivity index (χ0) is 15.2. The predicted octanol–water partition coefficient (Wildman–Crippen LogP) is 1.77. The van der Waals surface area contributed by atoms with Crippen LogP contribution in [0.15, 0.2) is 4.99 Å². The van der Waals surface area contributed by atoms with Crippen LogP contribution in [0.5, 0.6) is 0 Å². The molecule has 0 aliphatic carbocycles. The van der Waals surface area contributed by atoms with Crippen molar-refractivity contribution in [2.24, 2.45) is 10.9 Å². The zero-order valence-electron chi connectivity index (χ0n) is 13.6. The molecule has 2 rings (SSSR count). The summed E-state index contributed by atoms with van der Waals surface area (Å²) in [5.74, 6) is 1.60. The number of aromatic nitrogens is 1. The topological polar surface area (TPSA) is 52.6 Å². The Bertz CT molecular complexity index is 482. The van der Waals surface area contributed by atoms with Crippen LogP contribution < -0.4 is 10.6 Å². The van der Waals surface area contributed by atoms with Gasteiger partial charge in [0.1, 0.15) is 0 Å². The van der Waals surface area contributed by atoms with Crippen molar-refractivity contribution in [3.63, 3.8) is 0 Å². The van der Waals surface area contributed by atoms with Gasteiger partial charge >= 0.3 is 0 Å². The van der Waals surface area contributed by atoms with E-state index in [4.69, 9.17) is 0 Å². The second kappa shape index (κ2) is 7.75. The fourth-order valence-corrected chi connectivity index (χ4v) is 3.68. The Kier molecular flexibility index (Phi) is 5.99. The van der Waals surface area contributed by atoms with Gasteiger partial charge in [-0.15, -0.1) is 11.3 Å². The first-order valence-electron chi connectivity index (χ1n) is 7.64. The number of hydrogen-bond donors (Lipinski definition) is 2. The maximum absolute atomic E-state index is 4.46. The quantitative estimate of drug-likeness (QED) is 0.657. The number of nitrogens with zero attached hydrogens (tertiary/aromatic N) is 3. The average molecular weight is 309 g/mol. The standard InChI is InChI=1S/C15H27N5S/c1-11-14(21-12(2)19-11)9-18-15(16-3)17-8-13-6-5-7-20(4)10-13/h13H,5-10H2,1-4H3,(H2,16,17,18). The highest BCUT2D eigenvalue weighted by Gasteiger charge is 2.17. The third-order valence-corrected chi connectivity index (χ3v) is 4.99. The molecule has 6 heteroatoms. The zero-order valence-corrected chi connectivity index (χ0v) is 14.4. The Morgan fingerprint density at radius 2 is 2.24 bits per heavy atom. The molecule has 21 heavy (non-hydrogen) atoms. The van der Waals surface area contributed by atoms with Crippen molar-refractivity contribution < 1.29 is 0 Å². The summed E-state index contributed by atoms with van der Waals surface area (Å²) in [4.78, 5) is 12.5. The van der Waals surface area contributed by atoms with E-state index in [1.54, 1.807) is 11.3 Å². The number of thiazole rings is 1. The van der Waals surface area contributed by atoms with Gasteiger partial charge in [-0.2, -0.15) is 0 Å². The fourth-order valence-electron chi connectivity index (χ4n) is 2.80. The highest BCUT2D eigenvalue weighted by Crippen LogP contribution is 2.16. The normalized spacial score (nSPS) is 20.6. The van der Waals surface area contributed by atoms with Gasteiger partial charge in [-0.1, -0.05) is 0 Å². The molecule has 0 bridgehead atoms. The highest BCUT2D eigenvalue weighted by atomic mass is 32.1. The third kappa shape index (κ3) is 4.97. The van der Waals surface area contributed by atoms with Crippen molar-refractivity contribution in [1.29, 1.82) is 0 Å². The van der Waals surface area contributed by atoms with Gasteiger partial charge in [0.05, 0.1) is 17.2 Å². The third-order valence-electron chi connectivity index (χ3n) is 3.92. The summed E-state index contributed by atoms with van der Waals surface area (Å²) in [6.45, 7) is 8.30. The number of rotatable bonds is 4. The largest absolute Gasteiger partial charge is 0.356 e. The number of nitrogens with one attached hydrogen (secondary N) is 2. The molecule has 1 atom stereocenters. The van der Waals surface area contributed by atoms with Crippen molar-refractivity contribution in [2.45, 2.75) is 33.2 Å². The molecule has 0 radical (unpaired) electrons. The molecule has 1 aromatic rings. The van der Waals surface area contributed by atoms with Crippen LogP contribution in [0.2, 0.25) is 0 Å². The van der Waals surface area contributed by atoms with Crippen LogP contribution in [-0.2, 0) is 6.54 Å². The molecule has 1 aliphatic rings. The predicted molar refractivity (Wildman–Crippen MR) is 90.0 cm³/mol. The van der Waals surface area contributed by atoms with Crippen molar-refractivity contribution in [1.82, 2.24) is 20.5 Å². The van der Waals surface area contributed by atoms with Gasteiger partial charge in [0.2, 0.25) is 0 Å². The van der Waals surface area contributed by atoms with E-state index in [2.05, 4.69) is 39.5 Å². The van der Waals surface area contributed by atoms with E-state index in [9.17, 15) is 0 Å². The summed E-state index contributed by atoms with van der Waals surface area (Å²) < 4.78 is 0. The highest BCUT2D eigenvalue weighted by molar-refractivity contribution is 7.11. The minimum atomic E-state index is 0.717. The maximum Gasteiger partial charge on any atom is 0.191 e. The second-order valence-electron chi connectivity index (χ2n) is 5.82. The lowest BCUT2D eigenvalue weighted by Crippen LogP contribution is -2.43. The number of hydrogen-bond acceptors (Lipinski definition) is 4. The molecule has 0 aromatic carbocycles. The van der Waals surface area contributed by atoms with E-state index in [1.807, 2.05) is 14.0 Å². The lowest BCUT2D eigenvalue weighted by molar-refractivity contribution is 0.210. The molecular weight excluding hydrogens is 282 g/mol. The molecule has 2 heterocycles. The number of guanidine groups is 1. The lowest BCUT2D eigenvalue weighted by atomic mass is 9.99. The van der Waals surface area contributed by atoms with E-state index < -0.39 is 0 Å². The molecule has 118 valence electrons. The molecule has 0 spiro atoms. The van der Waals surface area contributed by atoms with Gasteiger partial charge in [0.25, 0.3) is 0 Å². The summed E-state index contributed by atoms with van der Waals surface area (Å²) in [5.41, 5.74) is 1.12. The molecule has 1 unspecified atom stereocenters. The number of aryl methyl sites for hydroxylation is 2. The van der Waals surface area contributed by atoms with Gasteiger partial charge in [0, 0.05) is 25.0 Å². The van der Waals surface area contributed by atoms with Crippen molar-refractivity contribution in [3.05, 3.63) is 15.6 Å². The van der Waals surface area contributed by atoms with E-state index >= 15 is 0 Å². The second-order valence-corrected chi connectivity index (χ2v) is 7.11. The summed E-state index contributed by atoms with van der Waals surface area (Å²) in [5, 5.41) is 7.96. The van der Waals surface area contributed by atoms with Crippen LogP contribution in [0.3, 0.4) is 0 Å². The van der Waals surface area contributed by atoms with Crippen molar-refractivity contribution >= 4 is 17.3 Å². The molecule has 5 nitrogen and oxygen atoms in total. The fraction of sp³-hybridized carbons (Fsp3) is 0.733. The minimum absolute atomic E-state index is 0.717. The number of likely N-dealkylation sites (tertiary alicyclic amines) is 1. The molecule has 1 fully saturated rings. The molecule has 1 aromatic heterocycles. The lowest BCUT2D eigenvalue weighted by Gasteiger charge is -2.30. The maximum atomic E-state index is 4.46. The van der Waals surface area contributed by atoms with Gasteiger partial charge in [-0.3, -0.25) is 4.99 Å². The van der Waals surface area contributed by atoms with E-state index in [0.717, 1.165) is 35.7 Å². The monoisotopic (exact) mass is 309 g/mol. The van der Waals surface area contributed by atoms with Crippen LogP contribution in [0, 0.1) is 19.8 Å². The van der Waals surface area contributed by atoms with E-state index in [1.165, 1.54) is 30.8 Å². The Morgan fingerprint density at radius 1 is 1.43 bits per heavy atom. The van der Waals surface area contributed by atoms with Crippen LogP contribution in [-0.4, -0.2) is 49.6 Å². The molecular formula is C15H27N5S. The molecule has 0 saturated carbocycles. The SMILES string of the molecule is CN=C(NCc1sc(C)nc1C)NCC1CCCN(C)C1. The van der Waals surface area contributed by atoms with Crippen molar-refractivity contribution in [2.75, 3.05) is 33.7 Å². The van der Waals surface area contributed by atoms with Gasteiger partial charge in [-0.25, -0.2) is 4.98 Å². The van der Waals surface area contributed by atoms with Gasteiger partial charge in [-0.05, 0) is 46.2 Å². The first kappa shape index (κ1) is 16.2. The Balaban J connectivity index is 1.77. The summed E-state index contributed by atoms with van der Waals surface area (Å²) >= 11 is 1.75. The molecule has 0 amide bonds. The van der Waals surface area contributed by atoms with Crippen LogP contribution in [0.1, 0.15) is 28.4 Å². The first-order valence-corrected chi connectivity index (χ1v) is 8.46. The van der Waals surface area contributed by atoms with Crippen LogP contribution >= 0.6 is 11.3 Å². The van der Waals surface area contributed by atoms with Gasteiger partial charge in [0.15, 0.2) is 5.96 Å². The number of piperidine rings is 1. The molecule has 1 saturated heterocycles. The van der Waals surface area contributed by atoms with Crippen molar-refractivity contribution in [3.8, 4) is 0 Å². The van der Waals surface area contributed by atoms with Crippen LogP contribution in [0.4, 0.5) is 0 Å². The van der Waals surface area contributed by atoms with E-state index in [-0.39, 0.29) is 0 Å². The number of aliphatic imine (C=N–C) groups is 1.